The SMILES string of the molecule is CC(=O)Cc1nc2cc(-c3c[nH]c4cc(F)ccc34)ccc2o1. The number of Topliss-reactive ketones (excluding diaryl/α,β-unsaturated/α-hetero) is 1. The molecule has 2 heterocycles. The number of halogens is 1. The Bertz CT molecular complexity index is 1050. The summed E-state index contributed by atoms with van der Waals surface area (Å²) in [5.74, 6) is 0.160. The van der Waals surface area contributed by atoms with Crippen molar-refractivity contribution in [2.24, 2.45) is 0 Å². The van der Waals surface area contributed by atoms with Crippen LogP contribution in [-0.4, -0.2) is 15.8 Å². The number of aromatic amines is 1. The number of nitrogens with one attached hydrogen (secondary N) is 1. The van der Waals surface area contributed by atoms with Gasteiger partial charge in [-0.25, -0.2) is 9.37 Å². The summed E-state index contributed by atoms with van der Waals surface area (Å²) in [6.45, 7) is 1.51. The quantitative estimate of drug-likeness (QED) is 0.615. The highest BCUT2D eigenvalue weighted by molar-refractivity contribution is 5.97. The van der Waals surface area contributed by atoms with Crippen LogP contribution < -0.4 is 0 Å². The topological polar surface area (TPSA) is 58.9 Å². The zero-order chi connectivity index (χ0) is 16.0. The van der Waals surface area contributed by atoms with Crippen LogP contribution in [0.5, 0.6) is 0 Å². The van der Waals surface area contributed by atoms with E-state index in [9.17, 15) is 9.18 Å². The number of carbonyl (C=O) groups excluding carboxylic acids is 1. The molecule has 0 amide bonds. The second kappa shape index (κ2) is 5.05. The summed E-state index contributed by atoms with van der Waals surface area (Å²) in [7, 11) is 0. The molecule has 0 aliphatic carbocycles. The minimum Gasteiger partial charge on any atom is -0.440 e. The highest BCUT2D eigenvalue weighted by atomic mass is 19.1. The predicted octanol–water partition coefficient (Wildman–Crippen LogP) is 4.25. The van der Waals surface area contributed by atoms with E-state index in [0.717, 1.165) is 22.0 Å². The fraction of sp³-hybridized carbons (Fsp3) is 0.111. The minimum absolute atomic E-state index is 0.00966. The second-order valence-electron chi connectivity index (χ2n) is 5.56. The Morgan fingerprint density at radius 3 is 2.96 bits per heavy atom. The molecule has 114 valence electrons. The molecule has 0 unspecified atom stereocenters. The molecule has 0 radical (unpaired) electrons. The Morgan fingerprint density at radius 2 is 2.13 bits per heavy atom. The number of ketones is 1. The Hall–Kier alpha value is -2.95. The average Bonchev–Trinajstić information content (AvgIpc) is 3.08. The number of hydrogen-bond donors (Lipinski definition) is 1. The van der Waals surface area contributed by atoms with Gasteiger partial charge in [0, 0.05) is 22.7 Å². The molecule has 0 spiro atoms. The number of aromatic nitrogens is 2. The van der Waals surface area contributed by atoms with Crippen molar-refractivity contribution in [2.75, 3.05) is 0 Å². The van der Waals surface area contributed by atoms with Gasteiger partial charge in [-0.1, -0.05) is 6.07 Å². The molecular weight excluding hydrogens is 295 g/mol. The van der Waals surface area contributed by atoms with Crippen LogP contribution >= 0.6 is 0 Å². The lowest BCUT2D eigenvalue weighted by Crippen LogP contribution is -1.95. The van der Waals surface area contributed by atoms with E-state index in [0.29, 0.717) is 17.0 Å². The fourth-order valence-corrected chi connectivity index (χ4v) is 2.77. The minimum atomic E-state index is -0.272. The van der Waals surface area contributed by atoms with Gasteiger partial charge in [0.25, 0.3) is 0 Å². The molecule has 5 heteroatoms. The first-order chi connectivity index (χ1) is 11.1. The van der Waals surface area contributed by atoms with Crippen molar-refractivity contribution in [2.45, 2.75) is 13.3 Å². The van der Waals surface area contributed by atoms with Crippen LogP contribution in [0.25, 0.3) is 33.1 Å². The van der Waals surface area contributed by atoms with Crippen LogP contribution in [0.4, 0.5) is 4.39 Å². The maximum atomic E-state index is 13.3. The van der Waals surface area contributed by atoms with Gasteiger partial charge in [-0.3, -0.25) is 4.79 Å². The van der Waals surface area contributed by atoms with Gasteiger partial charge in [-0.2, -0.15) is 0 Å². The first-order valence-corrected chi connectivity index (χ1v) is 7.26. The molecule has 23 heavy (non-hydrogen) atoms. The van der Waals surface area contributed by atoms with Gasteiger partial charge in [-0.05, 0) is 42.8 Å². The van der Waals surface area contributed by atoms with Crippen molar-refractivity contribution < 1.29 is 13.6 Å². The lowest BCUT2D eigenvalue weighted by Gasteiger charge is -1.99. The molecule has 0 bridgehead atoms. The molecule has 0 atom stereocenters. The van der Waals surface area contributed by atoms with Gasteiger partial charge in [-0.15, -0.1) is 0 Å². The standard InChI is InChI=1S/C18H13FN2O2/c1-10(22)6-18-21-16-7-11(2-5-17(16)23-18)14-9-20-15-8-12(19)3-4-13(14)15/h2-5,7-9,20H,6H2,1H3. The number of hydrogen-bond acceptors (Lipinski definition) is 3. The van der Waals surface area contributed by atoms with Crippen molar-refractivity contribution in [3.05, 3.63) is 54.3 Å². The van der Waals surface area contributed by atoms with E-state index in [4.69, 9.17) is 4.42 Å². The highest BCUT2D eigenvalue weighted by Crippen LogP contribution is 2.31. The number of nitrogens with zero attached hydrogens (tertiary/aromatic N) is 1. The van der Waals surface area contributed by atoms with Gasteiger partial charge in [0.15, 0.2) is 5.58 Å². The zero-order valence-electron chi connectivity index (χ0n) is 12.4. The largest absolute Gasteiger partial charge is 0.440 e. The van der Waals surface area contributed by atoms with E-state index in [2.05, 4.69) is 9.97 Å². The summed E-state index contributed by atoms with van der Waals surface area (Å²) in [6, 6.07) is 10.3. The van der Waals surface area contributed by atoms with Gasteiger partial charge < -0.3 is 9.40 Å². The number of oxazole rings is 1. The van der Waals surface area contributed by atoms with E-state index >= 15 is 0 Å². The Labute approximate surface area is 130 Å². The Kier molecular flexibility index (Phi) is 3.01. The van der Waals surface area contributed by atoms with Gasteiger partial charge in [0.1, 0.15) is 17.1 Å². The van der Waals surface area contributed by atoms with E-state index in [1.54, 1.807) is 6.07 Å². The van der Waals surface area contributed by atoms with Crippen LogP contribution in [0.2, 0.25) is 0 Å². The lowest BCUT2D eigenvalue weighted by molar-refractivity contribution is -0.116. The summed E-state index contributed by atoms with van der Waals surface area (Å²) in [5, 5.41) is 0.943. The number of fused-ring (bicyclic) bond motifs is 2. The van der Waals surface area contributed by atoms with Crippen molar-refractivity contribution in [3.8, 4) is 11.1 Å². The van der Waals surface area contributed by atoms with Crippen LogP contribution in [0.1, 0.15) is 12.8 Å². The molecule has 0 saturated heterocycles. The van der Waals surface area contributed by atoms with Crippen molar-refractivity contribution in [1.29, 1.82) is 0 Å². The monoisotopic (exact) mass is 308 g/mol. The molecule has 0 aliphatic rings. The maximum absolute atomic E-state index is 13.3. The third-order valence-electron chi connectivity index (χ3n) is 3.79. The summed E-state index contributed by atoms with van der Waals surface area (Å²) in [5.41, 5.74) is 4.03. The summed E-state index contributed by atoms with van der Waals surface area (Å²) >= 11 is 0. The van der Waals surface area contributed by atoms with E-state index in [-0.39, 0.29) is 18.0 Å². The number of H-pyrrole nitrogens is 1. The zero-order valence-corrected chi connectivity index (χ0v) is 12.4. The van der Waals surface area contributed by atoms with Gasteiger partial charge in [0.05, 0.1) is 6.42 Å². The van der Waals surface area contributed by atoms with Crippen LogP contribution in [-0.2, 0) is 11.2 Å². The molecule has 2 aromatic heterocycles. The molecule has 2 aromatic carbocycles. The van der Waals surface area contributed by atoms with Crippen molar-refractivity contribution >= 4 is 27.8 Å². The van der Waals surface area contributed by atoms with Gasteiger partial charge >= 0.3 is 0 Å². The predicted molar refractivity (Wildman–Crippen MR) is 85.6 cm³/mol. The third-order valence-corrected chi connectivity index (χ3v) is 3.79. The van der Waals surface area contributed by atoms with Crippen LogP contribution in [0.3, 0.4) is 0 Å². The molecule has 4 aromatic rings. The summed E-state index contributed by atoms with van der Waals surface area (Å²) in [6.07, 6.45) is 2.04. The van der Waals surface area contributed by atoms with Gasteiger partial charge in [0.2, 0.25) is 5.89 Å². The molecule has 0 saturated carbocycles. The third kappa shape index (κ3) is 2.40. The molecule has 1 N–H and O–H groups in total. The highest BCUT2D eigenvalue weighted by Gasteiger charge is 2.11. The summed E-state index contributed by atoms with van der Waals surface area (Å²) < 4.78 is 18.9. The molecule has 0 fully saturated rings. The van der Waals surface area contributed by atoms with Crippen LogP contribution in [0.15, 0.2) is 47.0 Å². The molecule has 4 nitrogen and oxygen atoms in total. The molecule has 0 aliphatic heterocycles. The van der Waals surface area contributed by atoms with Crippen LogP contribution in [0, 0.1) is 5.82 Å². The molecular formula is C18H13FN2O2. The molecule has 4 rings (SSSR count). The van der Waals surface area contributed by atoms with Crippen molar-refractivity contribution in [1.82, 2.24) is 9.97 Å². The average molecular weight is 308 g/mol. The van der Waals surface area contributed by atoms with Crippen molar-refractivity contribution in [3.63, 3.8) is 0 Å². The Balaban J connectivity index is 1.82. The van der Waals surface area contributed by atoms with E-state index < -0.39 is 0 Å². The lowest BCUT2D eigenvalue weighted by atomic mass is 10.0. The smallest absolute Gasteiger partial charge is 0.202 e. The van der Waals surface area contributed by atoms with E-state index in [1.807, 2.05) is 24.4 Å². The summed E-state index contributed by atoms with van der Waals surface area (Å²) in [4.78, 5) is 18.6. The first-order valence-electron chi connectivity index (χ1n) is 7.26. The second-order valence-corrected chi connectivity index (χ2v) is 5.56. The number of benzene rings is 2. The Morgan fingerprint density at radius 1 is 1.26 bits per heavy atom. The first kappa shape index (κ1) is 13.7. The van der Waals surface area contributed by atoms with E-state index in [1.165, 1.54) is 19.1 Å². The fourth-order valence-electron chi connectivity index (χ4n) is 2.77. The normalized spacial score (nSPS) is 11.4. The maximum Gasteiger partial charge on any atom is 0.202 e. The number of carbonyl (C=O) groups is 1. The number of rotatable bonds is 3.